The molecule has 0 spiro atoms. The van der Waals surface area contributed by atoms with E-state index < -0.39 is 11.8 Å². The lowest BCUT2D eigenvalue weighted by Crippen LogP contribution is -2.16. The average molecular weight is 280 g/mol. The highest BCUT2D eigenvalue weighted by atomic mass is 35.5. The third kappa shape index (κ3) is 2.36. The molecule has 19 heavy (non-hydrogen) atoms. The molecule has 2 rings (SSSR count). The molecule has 1 heterocycles. The number of halogens is 1. The number of benzene rings is 1. The Balaban J connectivity index is 2.62. The molecule has 1 aromatic heterocycles. The smallest absolute Gasteiger partial charge is 0.271 e. The number of carbonyl (C=O) groups is 2. The van der Waals surface area contributed by atoms with Crippen LogP contribution < -0.4 is 17.2 Å². The highest BCUT2D eigenvalue weighted by Gasteiger charge is 2.16. The molecular formula is C11H10ClN5O2. The largest absolute Gasteiger partial charge is 0.396 e. The van der Waals surface area contributed by atoms with Crippen LogP contribution >= 0.6 is 11.6 Å². The summed E-state index contributed by atoms with van der Waals surface area (Å²) in [7, 11) is 0. The zero-order valence-electron chi connectivity index (χ0n) is 9.63. The first kappa shape index (κ1) is 12.9. The monoisotopic (exact) mass is 279 g/mol. The summed E-state index contributed by atoms with van der Waals surface area (Å²) in [5.74, 6) is -1.43. The Morgan fingerprint density at radius 2 is 1.89 bits per heavy atom. The van der Waals surface area contributed by atoms with Crippen LogP contribution in [-0.4, -0.2) is 21.6 Å². The number of aromatic nitrogens is 2. The van der Waals surface area contributed by atoms with E-state index in [1.54, 1.807) is 12.1 Å². The van der Waals surface area contributed by atoms with Crippen LogP contribution in [0.2, 0.25) is 5.02 Å². The summed E-state index contributed by atoms with van der Waals surface area (Å²) < 4.78 is 1.26. The number of hydrogen-bond acceptors (Lipinski definition) is 4. The Morgan fingerprint density at radius 3 is 2.42 bits per heavy atom. The summed E-state index contributed by atoms with van der Waals surface area (Å²) >= 11 is 5.80. The van der Waals surface area contributed by atoms with Gasteiger partial charge in [0.05, 0.1) is 23.1 Å². The van der Waals surface area contributed by atoms with Crippen LogP contribution in [-0.2, 0) is 0 Å². The Bertz CT molecular complexity index is 680. The summed E-state index contributed by atoms with van der Waals surface area (Å²) in [6.07, 6.45) is 1.37. The van der Waals surface area contributed by atoms with Crippen LogP contribution in [0.1, 0.15) is 20.8 Å². The van der Waals surface area contributed by atoms with Gasteiger partial charge >= 0.3 is 0 Å². The minimum absolute atomic E-state index is 0.0784. The first-order chi connectivity index (χ1) is 8.90. The van der Waals surface area contributed by atoms with Gasteiger partial charge in [-0.05, 0) is 18.2 Å². The maximum atomic E-state index is 11.4. The van der Waals surface area contributed by atoms with Crippen molar-refractivity contribution in [2.75, 3.05) is 5.73 Å². The standard InChI is InChI=1S/C11H10ClN5O2/c12-5-1-2-8(6(3-5)10(14)18)17-4-7(13)9(16-17)11(15)19/h1-4H,13H2,(H2,14,18)(H2,15,19). The van der Waals surface area contributed by atoms with E-state index in [-0.39, 0.29) is 16.9 Å². The molecule has 0 aliphatic heterocycles. The van der Waals surface area contributed by atoms with E-state index in [9.17, 15) is 9.59 Å². The van der Waals surface area contributed by atoms with Crippen molar-refractivity contribution in [2.45, 2.75) is 0 Å². The number of hydrogen-bond donors (Lipinski definition) is 3. The lowest BCUT2D eigenvalue weighted by atomic mass is 10.1. The number of nitrogens with two attached hydrogens (primary N) is 3. The van der Waals surface area contributed by atoms with Crippen LogP contribution in [0.3, 0.4) is 0 Å². The van der Waals surface area contributed by atoms with Gasteiger partial charge in [-0.1, -0.05) is 11.6 Å². The topological polar surface area (TPSA) is 130 Å². The van der Waals surface area contributed by atoms with Crippen LogP contribution in [0, 0.1) is 0 Å². The zero-order chi connectivity index (χ0) is 14.2. The predicted molar refractivity (Wildman–Crippen MR) is 70.0 cm³/mol. The second-order valence-corrected chi connectivity index (χ2v) is 4.20. The summed E-state index contributed by atoms with van der Waals surface area (Å²) in [6.45, 7) is 0. The van der Waals surface area contributed by atoms with Crippen LogP contribution in [0.25, 0.3) is 5.69 Å². The number of nitrogens with zero attached hydrogens (tertiary/aromatic N) is 2. The van der Waals surface area contributed by atoms with Crippen molar-refractivity contribution in [3.05, 3.63) is 40.7 Å². The minimum Gasteiger partial charge on any atom is -0.396 e. The SMILES string of the molecule is NC(=O)c1cc(Cl)ccc1-n1cc(N)c(C(N)=O)n1. The molecular weight excluding hydrogens is 270 g/mol. The Hall–Kier alpha value is -2.54. The summed E-state index contributed by atoms with van der Waals surface area (Å²) in [4.78, 5) is 22.5. The van der Waals surface area contributed by atoms with Gasteiger partial charge in [0.25, 0.3) is 11.8 Å². The van der Waals surface area contributed by atoms with Gasteiger partial charge in [-0.25, -0.2) is 4.68 Å². The van der Waals surface area contributed by atoms with Gasteiger partial charge in [-0.3, -0.25) is 9.59 Å². The highest BCUT2D eigenvalue weighted by Crippen LogP contribution is 2.21. The molecule has 7 nitrogen and oxygen atoms in total. The molecule has 6 N–H and O–H groups in total. The quantitative estimate of drug-likeness (QED) is 0.746. The number of primary amides is 2. The molecule has 2 aromatic rings. The van der Waals surface area contributed by atoms with E-state index in [1.165, 1.54) is 16.9 Å². The number of anilines is 1. The first-order valence-corrected chi connectivity index (χ1v) is 5.52. The molecule has 0 aliphatic rings. The third-order valence-corrected chi connectivity index (χ3v) is 2.68. The van der Waals surface area contributed by atoms with Crippen molar-refractivity contribution >= 4 is 29.1 Å². The van der Waals surface area contributed by atoms with Gasteiger partial charge in [0.15, 0.2) is 5.69 Å². The molecule has 0 aliphatic carbocycles. The van der Waals surface area contributed by atoms with Crippen molar-refractivity contribution < 1.29 is 9.59 Å². The van der Waals surface area contributed by atoms with Crippen LogP contribution in [0.5, 0.6) is 0 Å². The number of amides is 2. The fourth-order valence-electron chi connectivity index (χ4n) is 1.61. The molecule has 8 heteroatoms. The van der Waals surface area contributed by atoms with Crippen LogP contribution in [0.15, 0.2) is 24.4 Å². The van der Waals surface area contributed by atoms with Crippen molar-refractivity contribution in [1.82, 2.24) is 9.78 Å². The van der Waals surface area contributed by atoms with E-state index in [1.807, 2.05) is 0 Å². The van der Waals surface area contributed by atoms with E-state index in [4.69, 9.17) is 28.8 Å². The van der Waals surface area contributed by atoms with Gasteiger partial charge in [0, 0.05) is 5.02 Å². The summed E-state index contributed by atoms with van der Waals surface area (Å²) in [6, 6.07) is 4.51. The second-order valence-electron chi connectivity index (χ2n) is 3.77. The molecule has 0 radical (unpaired) electrons. The van der Waals surface area contributed by atoms with E-state index in [0.29, 0.717) is 10.7 Å². The molecule has 0 saturated carbocycles. The fraction of sp³-hybridized carbons (Fsp3) is 0. The first-order valence-electron chi connectivity index (χ1n) is 5.15. The minimum atomic E-state index is -0.758. The van der Waals surface area contributed by atoms with E-state index >= 15 is 0 Å². The molecule has 0 bridgehead atoms. The van der Waals surface area contributed by atoms with E-state index in [0.717, 1.165) is 0 Å². The molecule has 98 valence electrons. The molecule has 0 saturated heterocycles. The average Bonchev–Trinajstić information content (AvgIpc) is 2.71. The number of carbonyl (C=O) groups excluding carboxylic acids is 2. The van der Waals surface area contributed by atoms with Crippen molar-refractivity contribution in [1.29, 1.82) is 0 Å². The molecule has 1 aromatic carbocycles. The van der Waals surface area contributed by atoms with Gasteiger partial charge in [0.2, 0.25) is 0 Å². The van der Waals surface area contributed by atoms with Crippen molar-refractivity contribution in [3.8, 4) is 5.69 Å². The summed E-state index contributed by atoms with van der Waals surface area (Å²) in [5, 5.41) is 4.27. The Kier molecular flexibility index (Phi) is 3.14. The van der Waals surface area contributed by atoms with Gasteiger partial charge in [0.1, 0.15) is 0 Å². The highest BCUT2D eigenvalue weighted by molar-refractivity contribution is 6.31. The maximum Gasteiger partial charge on any atom is 0.271 e. The Labute approximate surface area is 112 Å². The van der Waals surface area contributed by atoms with Crippen molar-refractivity contribution in [2.24, 2.45) is 11.5 Å². The predicted octanol–water partition coefficient (Wildman–Crippen LogP) is 0.306. The van der Waals surface area contributed by atoms with E-state index in [2.05, 4.69) is 5.10 Å². The number of nitrogen functional groups attached to an aromatic ring is 1. The maximum absolute atomic E-state index is 11.4. The lowest BCUT2D eigenvalue weighted by Gasteiger charge is -2.06. The molecule has 0 fully saturated rings. The number of rotatable bonds is 3. The zero-order valence-corrected chi connectivity index (χ0v) is 10.4. The molecule has 0 atom stereocenters. The van der Waals surface area contributed by atoms with Gasteiger partial charge in [-0.2, -0.15) is 5.10 Å². The molecule has 0 unspecified atom stereocenters. The Morgan fingerprint density at radius 1 is 1.21 bits per heavy atom. The normalized spacial score (nSPS) is 10.4. The van der Waals surface area contributed by atoms with Crippen LogP contribution in [0.4, 0.5) is 5.69 Å². The van der Waals surface area contributed by atoms with Crippen molar-refractivity contribution in [3.63, 3.8) is 0 Å². The van der Waals surface area contributed by atoms with Gasteiger partial charge in [-0.15, -0.1) is 0 Å². The third-order valence-electron chi connectivity index (χ3n) is 2.45. The molecule has 2 amide bonds. The summed E-state index contributed by atoms with van der Waals surface area (Å²) in [5.41, 5.74) is 16.5. The second kappa shape index (κ2) is 4.62. The van der Waals surface area contributed by atoms with Gasteiger partial charge < -0.3 is 17.2 Å². The lowest BCUT2D eigenvalue weighted by molar-refractivity contribution is 0.0991. The fourth-order valence-corrected chi connectivity index (χ4v) is 1.78.